The van der Waals surface area contributed by atoms with E-state index in [2.05, 4.69) is 5.10 Å². The second kappa shape index (κ2) is 12.5. The van der Waals surface area contributed by atoms with E-state index in [1.807, 2.05) is 35.8 Å². The Labute approximate surface area is 255 Å². The zero-order valence-electron chi connectivity index (χ0n) is 24.7. The average Bonchev–Trinajstić information content (AvgIpc) is 3.40. The van der Waals surface area contributed by atoms with Crippen molar-refractivity contribution in [1.29, 1.82) is 0 Å². The first-order chi connectivity index (χ1) is 20.5. The van der Waals surface area contributed by atoms with Crippen LogP contribution in [0.1, 0.15) is 38.2 Å². The Morgan fingerprint density at radius 1 is 0.977 bits per heavy atom. The van der Waals surface area contributed by atoms with E-state index < -0.39 is 23.5 Å². The fraction of sp³-hybridized carbons (Fsp3) is 0.438. The number of rotatable bonds is 5. The minimum atomic E-state index is -0.711. The summed E-state index contributed by atoms with van der Waals surface area (Å²) < 4.78 is 30.5. The van der Waals surface area contributed by atoms with Crippen LogP contribution in [0.15, 0.2) is 59.4 Å². The number of amides is 2. The van der Waals surface area contributed by atoms with Crippen molar-refractivity contribution in [3.63, 3.8) is 0 Å². The summed E-state index contributed by atoms with van der Waals surface area (Å²) >= 11 is 6.25. The Hall–Kier alpha value is -3.63. The van der Waals surface area contributed by atoms with Gasteiger partial charge in [-0.2, -0.15) is 5.10 Å². The van der Waals surface area contributed by atoms with Gasteiger partial charge in [-0.15, -0.1) is 0 Å². The number of hydrogen-bond donors (Lipinski definition) is 0. The van der Waals surface area contributed by atoms with E-state index in [0.29, 0.717) is 43.4 Å². The molecule has 43 heavy (non-hydrogen) atoms. The topological polar surface area (TPSA) is 75.5 Å². The summed E-state index contributed by atoms with van der Waals surface area (Å²) in [5, 5.41) is 4.92. The molecule has 8 nitrogen and oxygen atoms in total. The molecule has 2 aliphatic rings. The zero-order chi connectivity index (χ0) is 30.9. The van der Waals surface area contributed by atoms with E-state index >= 15 is 9.18 Å². The maximum absolute atomic E-state index is 15.3. The van der Waals surface area contributed by atoms with Crippen LogP contribution in [0.2, 0.25) is 5.02 Å². The predicted octanol–water partition coefficient (Wildman–Crippen LogP) is 4.74. The van der Waals surface area contributed by atoms with Gasteiger partial charge in [0.05, 0.1) is 13.1 Å². The maximum atomic E-state index is 15.3. The monoisotopic (exact) mass is 612 g/mol. The molecular weight excluding hydrogens is 576 g/mol. The lowest BCUT2D eigenvalue weighted by Crippen LogP contribution is -2.62. The lowest BCUT2D eigenvalue weighted by Gasteiger charge is -2.41. The van der Waals surface area contributed by atoms with Crippen LogP contribution in [-0.2, 0) is 16.6 Å². The van der Waals surface area contributed by atoms with Crippen molar-refractivity contribution in [3.05, 3.63) is 87.2 Å². The molecule has 5 rings (SSSR count). The van der Waals surface area contributed by atoms with Crippen molar-refractivity contribution in [2.45, 2.75) is 32.6 Å². The molecule has 1 aromatic heterocycles. The lowest BCUT2D eigenvalue weighted by molar-refractivity contribution is -0.139. The molecular formula is C32H37ClF2N5O3+. The number of carbonyl (C=O) groups excluding carboxylic acids is 2. The van der Waals surface area contributed by atoms with Gasteiger partial charge >= 0.3 is 5.91 Å². The Morgan fingerprint density at radius 2 is 1.72 bits per heavy atom. The third-order valence-corrected chi connectivity index (χ3v) is 9.04. The molecule has 1 unspecified atom stereocenters. The molecule has 0 bridgehead atoms. The summed E-state index contributed by atoms with van der Waals surface area (Å²) in [5.41, 5.74) is 0.736. The average molecular weight is 613 g/mol. The van der Waals surface area contributed by atoms with E-state index in [1.165, 1.54) is 22.9 Å². The van der Waals surface area contributed by atoms with Gasteiger partial charge < -0.3 is 9.80 Å². The zero-order valence-corrected chi connectivity index (χ0v) is 25.4. The van der Waals surface area contributed by atoms with Crippen LogP contribution in [0.3, 0.4) is 0 Å². The maximum Gasteiger partial charge on any atom is 0.324 e. The second-order valence-electron chi connectivity index (χ2n) is 11.9. The van der Waals surface area contributed by atoms with E-state index in [4.69, 9.17) is 11.6 Å². The Bertz CT molecular complexity index is 1560. The normalized spacial score (nSPS) is 22.9. The van der Waals surface area contributed by atoms with Crippen LogP contribution >= 0.6 is 11.6 Å². The molecule has 2 aliphatic heterocycles. The third-order valence-electron chi connectivity index (χ3n) is 8.79. The predicted molar refractivity (Wildman–Crippen MR) is 163 cm³/mol. The minimum absolute atomic E-state index is 0.0302. The highest BCUT2D eigenvalue weighted by atomic mass is 35.5. The molecule has 3 aromatic rings. The van der Waals surface area contributed by atoms with Crippen LogP contribution < -0.4 is 14.9 Å². The summed E-state index contributed by atoms with van der Waals surface area (Å²) in [5.74, 6) is -2.44. The molecule has 2 amide bonds. The SMILES string of the molecule is CC(C)C(=O)N1CCCC[N+](C(=O)[C@@H]2CN(c3ccc(=O)n(C)n3)C[C@H]2c2ccc(F)cc2F)(c2ccc(Cl)cc2)CC1. The van der Waals surface area contributed by atoms with Crippen molar-refractivity contribution in [3.8, 4) is 0 Å². The highest BCUT2D eigenvalue weighted by molar-refractivity contribution is 6.30. The molecule has 0 spiro atoms. The van der Waals surface area contributed by atoms with E-state index in [-0.39, 0.29) is 46.4 Å². The Morgan fingerprint density at radius 3 is 2.40 bits per heavy atom. The standard InChI is InChI=1S/C32H37ClF2N5O3/c1-21(2)31(42)38-14-4-5-16-40(17-15-38,24-9-6-22(33)7-10-24)32(43)27-20-39(29-12-13-30(41)37(3)36-29)19-26(27)25-11-8-23(34)18-28(25)35/h6-13,18,21,26-27H,4-5,14-17,19-20H2,1-3H3/q+1/t26-,27+,40?/m0/s1. The molecule has 2 saturated heterocycles. The van der Waals surface area contributed by atoms with Gasteiger partial charge in [-0.25, -0.2) is 22.7 Å². The Balaban J connectivity index is 1.59. The van der Waals surface area contributed by atoms with Crippen molar-refractivity contribution >= 4 is 34.9 Å². The van der Waals surface area contributed by atoms with E-state index in [1.54, 1.807) is 25.2 Å². The number of nitrogens with zero attached hydrogens (tertiary/aromatic N) is 5. The third kappa shape index (κ3) is 6.21. The van der Waals surface area contributed by atoms with Gasteiger partial charge in [-0.3, -0.25) is 9.59 Å². The van der Waals surface area contributed by atoms with Crippen LogP contribution in [0.4, 0.5) is 20.3 Å². The van der Waals surface area contributed by atoms with Crippen LogP contribution in [0, 0.1) is 23.5 Å². The molecule has 0 N–H and O–H groups in total. The molecule has 3 atom stereocenters. The first-order valence-electron chi connectivity index (χ1n) is 14.7. The van der Waals surface area contributed by atoms with Crippen molar-refractivity contribution in [2.75, 3.05) is 44.2 Å². The van der Waals surface area contributed by atoms with Gasteiger partial charge in [0.15, 0.2) is 0 Å². The number of aryl methyl sites for hydroxylation is 1. The Kier molecular flexibility index (Phi) is 8.99. The summed E-state index contributed by atoms with van der Waals surface area (Å²) in [6.07, 6.45) is 1.44. The van der Waals surface area contributed by atoms with Gasteiger partial charge in [0.25, 0.3) is 5.56 Å². The first-order valence-corrected chi connectivity index (χ1v) is 15.1. The van der Waals surface area contributed by atoms with Gasteiger partial charge in [-0.1, -0.05) is 31.5 Å². The van der Waals surface area contributed by atoms with E-state index in [0.717, 1.165) is 18.2 Å². The largest absolute Gasteiger partial charge is 0.354 e. The molecule has 0 saturated carbocycles. The molecule has 2 fully saturated rings. The number of hydrogen-bond acceptors (Lipinski definition) is 5. The fourth-order valence-corrected chi connectivity index (χ4v) is 6.58. The number of anilines is 1. The highest BCUT2D eigenvalue weighted by Gasteiger charge is 2.51. The summed E-state index contributed by atoms with van der Waals surface area (Å²) in [6.45, 7) is 6.11. The number of quaternary nitrogens is 1. The van der Waals surface area contributed by atoms with Gasteiger partial charge in [0.1, 0.15) is 35.6 Å². The van der Waals surface area contributed by atoms with E-state index in [9.17, 15) is 14.0 Å². The fourth-order valence-electron chi connectivity index (χ4n) is 6.45. The lowest BCUT2D eigenvalue weighted by atomic mass is 9.86. The quantitative estimate of drug-likeness (QED) is 0.389. The molecule has 3 heterocycles. The van der Waals surface area contributed by atoms with Crippen LogP contribution in [0.5, 0.6) is 0 Å². The molecule has 11 heteroatoms. The van der Waals surface area contributed by atoms with Gasteiger partial charge in [-0.05, 0) is 42.7 Å². The van der Waals surface area contributed by atoms with Gasteiger partial charge in [0, 0.05) is 67.8 Å². The number of halogens is 3. The van der Waals surface area contributed by atoms with Crippen molar-refractivity contribution in [2.24, 2.45) is 18.9 Å². The number of aromatic nitrogens is 2. The summed E-state index contributed by atoms with van der Waals surface area (Å²) in [6, 6.07) is 13.7. The van der Waals surface area contributed by atoms with Crippen molar-refractivity contribution in [1.82, 2.24) is 19.2 Å². The number of benzene rings is 2. The summed E-state index contributed by atoms with van der Waals surface area (Å²) in [4.78, 5) is 43.9. The van der Waals surface area contributed by atoms with Crippen LogP contribution in [-0.4, -0.2) is 65.8 Å². The van der Waals surface area contributed by atoms with Gasteiger partial charge in [0.2, 0.25) is 5.91 Å². The number of carbonyl (C=O) groups is 2. The molecule has 0 radical (unpaired) electrons. The highest BCUT2D eigenvalue weighted by Crippen LogP contribution is 2.40. The molecule has 228 valence electrons. The van der Waals surface area contributed by atoms with Crippen molar-refractivity contribution < 1.29 is 18.4 Å². The molecule has 0 aliphatic carbocycles. The summed E-state index contributed by atoms with van der Waals surface area (Å²) in [7, 11) is 1.55. The first kappa shape index (κ1) is 30.8. The molecule has 2 aromatic carbocycles. The minimum Gasteiger partial charge on any atom is -0.354 e. The smallest absolute Gasteiger partial charge is 0.324 e. The second-order valence-corrected chi connectivity index (χ2v) is 12.3. The van der Waals surface area contributed by atoms with Crippen LogP contribution in [0.25, 0.3) is 0 Å².